The number of carbonyl (C=O) groups is 1. The quantitative estimate of drug-likeness (QED) is 0.680. The second-order valence-electron chi connectivity index (χ2n) is 5.69. The molecule has 0 atom stereocenters. The fourth-order valence-corrected chi connectivity index (χ4v) is 2.67. The molecule has 0 unspecified atom stereocenters. The lowest BCUT2D eigenvalue weighted by atomic mass is 10.1. The summed E-state index contributed by atoms with van der Waals surface area (Å²) in [5.74, 6) is 0.865. The Labute approximate surface area is 141 Å². The molecule has 4 heteroatoms. The number of aryl methyl sites for hydroxylation is 1. The molecule has 0 aliphatic heterocycles. The second kappa shape index (κ2) is 6.71. The van der Waals surface area contributed by atoms with E-state index in [4.69, 9.17) is 4.74 Å². The fraction of sp³-hybridized carbons (Fsp3) is 0.200. The molecule has 122 valence electrons. The number of nitrogens with one attached hydrogen (secondary N) is 1. The number of pyridine rings is 1. The average Bonchev–Trinajstić information content (AvgIpc) is 2.56. The third-order valence-electron chi connectivity index (χ3n) is 3.77. The molecule has 0 spiro atoms. The number of hydrogen-bond donors (Lipinski definition) is 1. The molecule has 3 rings (SSSR count). The van der Waals surface area contributed by atoms with Gasteiger partial charge in [0.25, 0.3) is 0 Å². The van der Waals surface area contributed by atoms with Gasteiger partial charge in [-0.2, -0.15) is 0 Å². The predicted molar refractivity (Wildman–Crippen MR) is 97.4 cm³/mol. The van der Waals surface area contributed by atoms with Crippen LogP contribution in [0.5, 0.6) is 5.75 Å². The van der Waals surface area contributed by atoms with Gasteiger partial charge in [-0.25, -0.2) is 0 Å². The molecule has 0 aliphatic rings. The van der Waals surface area contributed by atoms with Gasteiger partial charge >= 0.3 is 0 Å². The van der Waals surface area contributed by atoms with E-state index >= 15 is 0 Å². The highest BCUT2D eigenvalue weighted by Crippen LogP contribution is 2.30. The van der Waals surface area contributed by atoms with Gasteiger partial charge in [-0.15, -0.1) is 0 Å². The van der Waals surface area contributed by atoms with Crippen molar-refractivity contribution in [1.82, 2.24) is 4.98 Å². The van der Waals surface area contributed by atoms with Crippen molar-refractivity contribution in [1.29, 1.82) is 0 Å². The molecule has 2 aromatic carbocycles. The average molecular weight is 320 g/mol. The van der Waals surface area contributed by atoms with Crippen LogP contribution in [0.4, 0.5) is 11.4 Å². The summed E-state index contributed by atoms with van der Waals surface area (Å²) in [6, 6.07) is 15.4. The van der Waals surface area contributed by atoms with Crippen molar-refractivity contribution in [3.63, 3.8) is 0 Å². The zero-order valence-corrected chi connectivity index (χ0v) is 14.1. The molecule has 24 heavy (non-hydrogen) atoms. The van der Waals surface area contributed by atoms with E-state index < -0.39 is 0 Å². The number of hydrogen-bond acceptors (Lipinski definition) is 4. The third-order valence-corrected chi connectivity index (χ3v) is 3.77. The summed E-state index contributed by atoms with van der Waals surface area (Å²) in [6.45, 7) is 6.12. The molecular weight excluding hydrogens is 300 g/mol. The minimum atomic E-state index is 0.0491. The third kappa shape index (κ3) is 3.38. The van der Waals surface area contributed by atoms with Crippen molar-refractivity contribution in [2.24, 2.45) is 0 Å². The molecule has 3 aromatic rings. The minimum Gasteiger partial charge on any atom is -0.494 e. The lowest BCUT2D eigenvalue weighted by Gasteiger charge is -2.13. The van der Waals surface area contributed by atoms with Crippen LogP contribution in [0.1, 0.15) is 29.9 Å². The van der Waals surface area contributed by atoms with Crippen molar-refractivity contribution in [3.05, 3.63) is 59.8 Å². The second-order valence-corrected chi connectivity index (χ2v) is 5.69. The van der Waals surface area contributed by atoms with Crippen LogP contribution in [0.3, 0.4) is 0 Å². The van der Waals surface area contributed by atoms with E-state index in [-0.39, 0.29) is 5.78 Å². The van der Waals surface area contributed by atoms with E-state index in [9.17, 15) is 4.79 Å². The highest BCUT2D eigenvalue weighted by atomic mass is 16.5. The lowest BCUT2D eigenvalue weighted by molar-refractivity contribution is 0.101. The number of carbonyl (C=O) groups excluding carboxylic acids is 1. The molecule has 1 N–H and O–H groups in total. The summed E-state index contributed by atoms with van der Waals surface area (Å²) in [6.07, 6.45) is 0. The van der Waals surface area contributed by atoms with Crippen LogP contribution in [-0.2, 0) is 0 Å². The largest absolute Gasteiger partial charge is 0.494 e. The minimum absolute atomic E-state index is 0.0491. The van der Waals surface area contributed by atoms with E-state index in [1.165, 1.54) is 0 Å². The number of Topliss-reactive ketones (excluding diaryl/α,β-unsaturated/α-hetero) is 1. The first kappa shape index (κ1) is 16.0. The van der Waals surface area contributed by atoms with Crippen molar-refractivity contribution in [2.75, 3.05) is 11.9 Å². The summed E-state index contributed by atoms with van der Waals surface area (Å²) in [4.78, 5) is 16.2. The van der Waals surface area contributed by atoms with Gasteiger partial charge in [-0.3, -0.25) is 9.78 Å². The molecule has 0 fully saturated rings. The Morgan fingerprint density at radius 1 is 1.17 bits per heavy atom. The molecule has 1 aromatic heterocycles. The van der Waals surface area contributed by atoms with Crippen molar-refractivity contribution in [3.8, 4) is 5.75 Å². The summed E-state index contributed by atoms with van der Waals surface area (Å²) in [5, 5.41) is 4.39. The Balaban J connectivity index is 2.05. The van der Waals surface area contributed by atoms with E-state index in [1.54, 1.807) is 6.92 Å². The van der Waals surface area contributed by atoms with Crippen LogP contribution in [0.15, 0.2) is 48.5 Å². The molecule has 0 aliphatic carbocycles. The highest BCUT2D eigenvalue weighted by molar-refractivity contribution is 5.97. The van der Waals surface area contributed by atoms with Gasteiger partial charge in [-0.05, 0) is 57.2 Å². The number of rotatable bonds is 5. The van der Waals surface area contributed by atoms with Crippen LogP contribution in [-0.4, -0.2) is 17.4 Å². The topological polar surface area (TPSA) is 51.2 Å². The van der Waals surface area contributed by atoms with Gasteiger partial charge in [0.1, 0.15) is 5.75 Å². The first-order chi connectivity index (χ1) is 11.6. The Morgan fingerprint density at radius 2 is 2.00 bits per heavy atom. The number of ether oxygens (including phenoxy) is 1. The summed E-state index contributed by atoms with van der Waals surface area (Å²) in [5.41, 5.74) is 4.34. The van der Waals surface area contributed by atoms with Crippen molar-refractivity contribution in [2.45, 2.75) is 20.8 Å². The number of aromatic nitrogens is 1. The highest BCUT2D eigenvalue weighted by Gasteiger charge is 2.08. The first-order valence-electron chi connectivity index (χ1n) is 7.99. The van der Waals surface area contributed by atoms with Gasteiger partial charge in [0.15, 0.2) is 5.78 Å². The zero-order valence-electron chi connectivity index (χ0n) is 14.1. The molecule has 1 heterocycles. The number of nitrogens with zero attached hydrogens (tertiary/aromatic N) is 1. The van der Waals surface area contributed by atoms with Crippen molar-refractivity contribution >= 4 is 28.1 Å². The zero-order chi connectivity index (χ0) is 17.1. The number of benzene rings is 2. The predicted octanol–water partition coefficient (Wildman–Crippen LogP) is 4.89. The van der Waals surface area contributed by atoms with Crippen LogP contribution < -0.4 is 10.1 Å². The number of ketones is 1. The summed E-state index contributed by atoms with van der Waals surface area (Å²) < 4.78 is 5.60. The summed E-state index contributed by atoms with van der Waals surface area (Å²) >= 11 is 0. The monoisotopic (exact) mass is 320 g/mol. The Bertz CT molecular complexity index is 903. The van der Waals surface area contributed by atoms with E-state index in [0.29, 0.717) is 12.2 Å². The maximum atomic E-state index is 11.6. The molecular formula is C20H20N2O2. The smallest absolute Gasteiger partial charge is 0.159 e. The SMILES string of the molecule is CCOc1ccc2nc(C)cc(Nc3cccc(C(C)=O)c3)c2c1. The van der Waals surface area contributed by atoms with Crippen molar-refractivity contribution < 1.29 is 9.53 Å². The molecule has 0 saturated heterocycles. The van der Waals surface area contributed by atoms with Crippen LogP contribution in [0, 0.1) is 6.92 Å². The molecule has 0 radical (unpaired) electrons. The van der Waals surface area contributed by atoms with Crippen LogP contribution in [0.2, 0.25) is 0 Å². The maximum absolute atomic E-state index is 11.6. The lowest BCUT2D eigenvalue weighted by Crippen LogP contribution is -1.98. The molecule has 0 amide bonds. The molecule has 0 saturated carbocycles. The fourth-order valence-electron chi connectivity index (χ4n) is 2.67. The van der Waals surface area contributed by atoms with Gasteiger partial charge < -0.3 is 10.1 Å². The Kier molecular flexibility index (Phi) is 4.47. The van der Waals surface area contributed by atoms with E-state index in [2.05, 4.69) is 10.3 Å². The van der Waals surface area contributed by atoms with Crippen LogP contribution in [0.25, 0.3) is 10.9 Å². The maximum Gasteiger partial charge on any atom is 0.159 e. The normalized spacial score (nSPS) is 10.6. The van der Waals surface area contributed by atoms with E-state index in [1.807, 2.05) is 62.4 Å². The number of fused-ring (bicyclic) bond motifs is 1. The standard InChI is InChI=1S/C20H20N2O2/c1-4-24-17-8-9-19-18(12-17)20(10-13(2)21-19)22-16-7-5-6-15(11-16)14(3)23/h5-12H,4H2,1-3H3,(H,21,22). The van der Waals surface area contributed by atoms with Gasteiger partial charge in [0.2, 0.25) is 0 Å². The first-order valence-corrected chi connectivity index (χ1v) is 7.99. The Hall–Kier alpha value is -2.88. The molecule has 4 nitrogen and oxygen atoms in total. The van der Waals surface area contributed by atoms with Crippen LogP contribution >= 0.6 is 0 Å². The van der Waals surface area contributed by atoms with Gasteiger partial charge in [-0.1, -0.05) is 12.1 Å². The Morgan fingerprint density at radius 3 is 2.75 bits per heavy atom. The molecule has 0 bridgehead atoms. The van der Waals surface area contributed by atoms with Gasteiger partial charge in [0.05, 0.1) is 12.1 Å². The van der Waals surface area contributed by atoms with E-state index in [0.717, 1.165) is 33.7 Å². The summed E-state index contributed by atoms with van der Waals surface area (Å²) in [7, 11) is 0. The van der Waals surface area contributed by atoms with Gasteiger partial charge in [0, 0.05) is 28.0 Å². The number of anilines is 2.